The zero-order valence-corrected chi connectivity index (χ0v) is 12.5. The predicted octanol–water partition coefficient (Wildman–Crippen LogP) is 3.38. The number of aromatic carboxylic acids is 1. The van der Waals surface area contributed by atoms with E-state index in [0.717, 1.165) is 12.8 Å². The van der Waals surface area contributed by atoms with Crippen molar-refractivity contribution in [1.29, 1.82) is 0 Å². The van der Waals surface area contributed by atoms with E-state index in [9.17, 15) is 19.1 Å². The Morgan fingerprint density at radius 1 is 1.35 bits per heavy atom. The number of carbonyl (C=O) groups is 1. The van der Waals surface area contributed by atoms with Crippen LogP contribution in [0.15, 0.2) is 29.2 Å². The summed E-state index contributed by atoms with van der Waals surface area (Å²) < 4.78 is 15.4. The maximum absolute atomic E-state index is 13.6. The SMILES string of the molecule is O=C(O)c1cn(C2CC2)c2nc3cc(Cl)c(F)cc3cc2c1=O. The van der Waals surface area contributed by atoms with Crippen molar-refractivity contribution in [3.8, 4) is 0 Å². The Balaban J connectivity index is 2.17. The first kappa shape index (κ1) is 14.1. The van der Waals surface area contributed by atoms with Crippen LogP contribution in [-0.2, 0) is 0 Å². The minimum absolute atomic E-state index is 0.0492. The van der Waals surface area contributed by atoms with Gasteiger partial charge in [-0.25, -0.2) is 14.2 Å². The standard InChI is InChI=1S/C16H10ClFN2O3/c17-11-5-13-7(4-12(11)18)3-9-14(21)10(16(22)23)6-20(8-1-2-8)15(9)19-13/h3-6,8H,1-2H2,(H,22,23). The van der Waals surface area contributed by atoms with Crippen LogP contribution in [0.1, 0.15) is 29.2 Å². The lowest BCUT2D eigenvalue weighted by Gasteiger charge is -2.11. The van der Waals surface area contributed by atoms with Gasteiger partial charge in [0.2, 0.25) is 5.43 Å². The lowest BCUT2D eigenvalue weighted by Crippen LogP contribution is -2.19. The first-order valence-corrected chi connectivity index (χ1v) is 7.41. The Kier molecular flexibility index (Phi) is 2.93. The van der Waals surface area contributed by atoms with Crippen molar-refractivity contribution in [2.75, 3.05) is 0 Å². The molecule has 7 heteroatoms. The number of hydrogen-bond donors (Lipinski definition) is 1. The van der Waals surface area contributed by atoms with Gasteiger partial charge in [-0.15, -0.1) is 0 Å². The third-order valence-corrected chi connectivity index (χ3v) is 4.30. The highest BCUT2D eigenvalue weighted by molar-refractivity contribution is 6.31. The van der Waals surface area contributed by atoms with Crippen molar-refractivity contribution in [2.45, 2.75) is 18.9 Å². The van der Waals surface area contributed by atoms with Crippen LogP contribution >= 0.6 is 11.6 Å². The number of hydrogen-bond acceptors (Lipinski definition) is 3. The van der Waals surface area contributed by atoms with Crippen LogP contribution in [0.5, 0.6) is 0 Å². The number of aromatic nitrogens is 2. The van der Waals surface area contributed by atoms with E-state index >= 15 is 0 Å². The van der Waals surface area contributed by atoms with Crippen molar-refractivity contribution in [1.82, 2.24) is 9.55 Å². The number of benzene rings is 1. The summed E-state index contributed by atoms with van der Waals surface area (Å²) in [7, 11) is 0. The molecule has 1 aliphatic carbocycles. The molecular formula is C16H10ClFN2O3. The molecule has 1 aromatic carbocycles. The third-order valence-electron chi connectivity index (χ3n) is 4.01. The summed E-state index contributed by atoms with van der Waals surface area (Å²) in [6, 6.07) is 4.21. The fraction of sp³-hybridized carbons (Fsp3) is 0.188. The van der Waals surface area contributed by atoms with E-state index in [2.05, 4.69) is 4.98 Å². The van der Waals surface area contributed by atoms with Gasteiger partial charge in [0.1, 0.15) is 17.0 Å². The summed E-state index contributed by atoms with van der Waals surface area (Å²) >= 11 is 5.79. The predicted molar refractivity (Wildman–Crippen MR) is 83.7 cm³/mol. The summed E-state index contributed by atoms with van der Waals surface area (Å²) in [6.45, 7) is 0. The van der Waals surface area contributed by atoms with Crippen molar-refractivity contribution >= 4 is 39.5 Å². The quantitative estimate of drug-likeness (QED) is 0.730. The fourth-order valence-corrected chi connectivity index (χ4v) is 2.87. The van der Waals surface area contributed by atoms with Crippen LogP contribution in [0.4, 0.5) is 4.39 Å². The maximum Gasteiger partial charge on any atom is 0.341 e. The van der Waals surface area contributed by atoms with Gasteiger partial charge in [-0.1, -0.05) is 11.6 Å². The van der Waals surface area contributed by atoms with Gasteiger partial charge < -0.3 is 9.67 Å². The minimum Gasteiger partial charge on any atom is -0.477 e. The molecule has 5 nitrogen and oxygen atoms in total. The molecule has 4 rings (SSSR count). The Morgan fingerprint density at radius 2 is 2.09 bits per heavy atom. The molecule has 1 aliphatic rings. The monoisotopic (exact) mass is 332 g/mol. The number of nitrogens with zero attached hydrogens (tertiary/aromatic N) is 2. The minimum atomic E-state index is -1.28. The second-order valence-electron chi connectivity index (χ2n) is 5.63. The number of carboxylic acid groups (broad SMARTS) is 1. The highest BCUT2D eigenvalue weighted by Gasteiger charge is 2.27. The van der Waals surface area contributed by atoms with Crippen LogP contribution in [0.3, 0.4) is 0 Å². The number of pyridine rings is 2. The molecule has 1 fully saturated rings. The van der Waals surface area contributed by atoms with Gasteiger partial charge in [0, 0.05) is 17.6 Å². The molecule has 1 saturated carbocycles. The summed E-state index contributed by atoms with van der Waals surface area (Å²) in [5.74, 6) is -1.90. The second kappa shape index (κ2) is 4.76. The van der Waals surface area contributed by atoms with Crippen molar-refractivity contribution < 1.29 is 14.3 Å². The van der Waals surface area contributed by atoms with E-state index in [4.69, 9.17) is 11.6 Å². The lowest BCUT2D eigenvalue weighted by atomic mass is 10.1. The Bertz CT molecular complexity index is 1060. The highest BCUT2D eigenvalue weighted by Crippen LogP contribution is 2.37. The second-order valence-corrected chi connectivity index (χ2v) is 6.04. The van der Waals surface area contributed by atoms with E-state index < -0.39 is 17.2 Å². The van der Waals surface area contributed by atoms with Gasteiger partial charge in [0.25, 0.3) is 0 Å². The topological polar surface area (TPSA) is 72.2 Å². The summed E-state index contributed by atoms with van der Waals surface area (Å²) in [5.41, 5.74) is -0.0624. The molecule has 116 valence electrons. The molecule has 23 heavy (non-hydrogen) atoms. The summed E-state index contributed by atoms with van der Waals surface area (Å²) in [5, 5.41) is 9.76. The number of fused-ring (bicyclic) bond motifs is 2. The number of rotatable bonds is 2. The van der Waals surface area contributed by atoms with Crippen molar-refractivity contribution in [3.63, 3.8) is 0 Å². The van der Waals surface area contributed by atoms with Crippen molar-refractivity contribution in [2.24, 2.45) is 0 Å². The Labute approximate surface area is 133 Å². The van der Waals surface area contributed by atoms with Crippen LogP contribution in [0.25, 0.3) is 21.9 Å². The molecule has 0 unspecified atom stereocenters. The Hall–Kier alpha value is -2.47. The van der Waals surface area contributed by atoms with Gasteiger partial charge in [0.15, 0.2) is 0 Å². The van der Waals surface area contributed by atoms with Gasteiger partial charge in [0.05, 0.1) is 15.9 Å². The largest absolute Gasteiger partial charge is 0.477 e. The zero-order chi connectivity index (χ0) is 16.3. The molecule has 1 N–H and O–H groups in total. The van der Waals surface area contributed by atoms with E-state index in [1.165, 1.54) is 24.4 Å². The number of carboxylic acids is 1. The van der Waals surface area contributed by atoms with Crippen LogP contribution < -0.4 is 5.43 Å². The van der Waals surface area contributed by atoms with E-state index in [1.54, 1.807) is 4.57 Å². The fourth-order valence-electron chi connectivity index (χ4n) is 2.71. The average Bonchev–Trinajstić information content (AvgIpc) is 3.32. The summed E-state index contributed by atoms with van der Waals surface area (Å²) in [4.78, 5) is 28.1. The zero-order valence-electron chi connectivity index (χ0n) is 11.7. The maximum atomic E-state index is 13.6. The smallest absolute Gasteiger partial charge is 0.341 e. The molecule has 0 aliphatic heterocycles. The molecule has 2 heterocycles. The van der Waals surface area contributed by atoms with Gasteiger partial charge in [-0.2, -0.15) is 0 Å². The van der Waals surface area contributed by atoms with Crippen LogP contribution in [0, 0.1) is 5.82 Å². The number of halogens is 2. The molecule has 0 amide bonds. The van der Waals surface area contributed by atoms with Crippen LogP contribution in [0.2, 0.25) is 5.02 Å². The van der Waals surface area contributed by atoms with E-state index in [1.807, 2.05) is 0 Å². The molecule has 0 atom stereocenters. The Morgan fingerprint density at radius 3 is 2.74 bits per heavy atom. The highest BCUT2D eigenvalue weighted by atomic mass is 35.5. The molecule has 2 aromatic heterocycles. The van der Waals surface area contributed by atoms with E-state index in [-0.39, 0.29) is 22.0 Å². The van der Waals surface area contributed by atoms with E-state index in [0.29, 0.717) is 16.6 Å². The third kappa shape index (κ3) is 2.17. The lowest BCUT2D eigenvalue weighted by molar-refractivity contribution is 0.0695. The van der Waals surface area contributed by atoms with Crippen LogP contribution in [-0.4, -0.2) is 20.6 Å². The van der Waals surface area contributed by atoms with Crippen molar-refractivity contribution in [3.05, 3.63) is 51.0 Å². The van der Waals surface area contributed by atoms with Gasteiger partial charge >= 0.3 is 5.97 Å². The molecule has 0 radical (unpaired) electrons. The molecular weight excluding hydrogens is 323 g/mol. The molecule has 3 aromatic rings. The molecule has 0 saturated heterocycles. The van der Waals surface area contributed by atoms with Gasteiger partial charge in [-0.05, 0) is 31.0 Å². The summed E-state index contributed by atoms with van der Waals surface area (Å²) in [6.07, 6.45) is 3.15. The van der Waals surface area contributed by atoms with Gasteiger partial charge in [-0.3, -0.25) is 4.79 Å². The first-order chi connectivity index (χ1) is 11.0. The average molecular weight is 333 g/mol. The normalized spacial score (nSPS) is 14.5. The molecule has 0 spiro atoms. The molecule has 0 bridgehead atoms. The first-order valence-electron chi connectivity index (χ1n) is 7.03.